The number of nitrogens with two attached hydrogens (primary N) is 1. The highest BCUT2D eigenvalue weighted by Gasteiger charge is 2.24. The van der Waals surface area contributed by atoms with E-state index in [0.717, 1.165) is 22.5 Å². The van der Waals surface area contributed by atoms with Crippen LogP contribution >= 0.6 is 11.6 Å². The molecule has 10 heteroatoms. The third-order valence-electron chi connectivity index (χ3n) is 3.35. The van der Waals surface area contributed by atoms with Crippen LogP contribution in [-0.2, 0) is 19.6 Å². The third-order valence-corrected chi connectivity index (χ3v) is 5.46. The fraction of sp³-hybridized carbons (Fsp3) is 0.125. The van der Waals surface area contributed by atoms with Crippen LogP contribution in [-0.4, -0.2) is 33.9 Å². The van der Waals surface area contributed by atoms with Crippen LogP contribution < -0.4 is 10.0 Å². The van der Waals surface area contributed by atoms with Crippen LogP contribution in [0.2, 0.25) is 5.02 Å². The van der Waals surface area contributed by atoms with Gasteiger partial charge in [-0.3, -0.25) is 9.10 Å². The van der Waals surface area contributed by atoms with E-state index >= 15 is 0 Å². The molecule has 138 valence electrons. The molecule has 0 aromatic heterocycles. The molecule has 0 fully saturated rings. The highest BCUT2D eigenvalue weighted by Crippen LogP contribution is 2.26. The first kappa shape index (κ1) is 19.7. The van der Waals surface area contributed by atoms with Gasteiger partial charge in [0.25, 0.3) is 15.9 Å². The summed E-state index contributed by atoms with van der Waals surface area (Å²) in [4.78, 5) is 22.4. The van der Waals surface area contributed by atoms with E-state index < -0.39 is 34.3 Å². The van der Waals surface area contributed by atoms with Gasteiger partial charge in [0.15, 0.2) is 6.61 Å². The third kappa shape index (κ3) is 4.30. The van der Waals surface area contributed by atoms with E-state index in [0.29, 0.717) is 0 Å². The van der Waals surface area contributed by atoms with Crippen molar-refractivity contribution in [3.05, 3.63) is 58.9 Å². The number of hydrogen-bond acceptors (Lipinski definition) is 5. The van der Waals surface area contributed by atoms with Crippen LogP contribution in [0.25, 0.3) is 0 Å². The van der Waals surface area contributed by atoms with Gasteiger partial charge in [0, 0.05) is 7.05 Å². The molecule has 26 heavy (non-hydrogen) atoms. The second-order valence-electron chi connectivity index (χ2n) is 5.13. The molecule has 0 spiro atoms. The molecule has 0 bridgehead atoms. The number of hydrogen-bond donors (Lipinski definition) is 1. The van der Waals surface area contributed by atoms with Crippen molar-refractivity contribution in [2.75, 3.05) is 18.0 Å². The molecule has 0 radical (unpaired) electrons. The Morgan fingerprint density at radius 3 is 2.38 bits per heavy atom. The summed E-state index contributed by atoms with van der Waals surface area (Å²) in [7, 11) is -2.78. The Kier molecular flexibility index (Phi) is 5.83. The zero-order valence-electron chi connectivity index (χ0n) is 13.5. The first-order valence-corrected chi connectivity index (χ1v) is 8.94. The predicted octanol–water partition coefficient (Wildman–Crippen LogP) is 1.95. The van der Waals surface area contributed by atoms with E-state index in [1.54, 1.807) is 0 Å². The van der Waals surface area contributed by atoms with Crippen molar-refractivity contribution in [3.63, 3.8) is 0 Å². The number of carbonyl (C=O) groups excluding carboxylic acids is 2. The molecule has 0 aliphatic rings. The number of halogens is 2. The Bertz CT molecular complexity index is 948. The monoisotopic (exact) mass is 400 g/mol. The predicted molar refractivity (Wildman–Crippen MR) is 92.9 cm³/mol. The summed E-state index contributed by atoms with van der Waals surface area (Å²) in [5.41, 5.74) is 4.88. The van der Waals surface area contributed by atoms with Crippen LogP contribution in [0.1, 0.15) is 10.4 Å². The second-order valence-corrected chi connectivity index (χ2v) is 7.51. The standard InChI is InChI=1S/C16H14ClFN2O5S/c1-20(11-4-2-10(18)3-5-11)26(23,24)12-6-7-14(17)13(8-12)16(22)25-9-15(19)21/h2-8H,9H2,1H3,(H2,19,21). The van der Waals surface area contributed by atoms with E-state index in [1.807, 2.05) is 0 Å². The Labute approximate surface area is 154 Å². The van der Waals surface area contributed by atoms with Gasteiger partial charge >= 0.3 is 5.97 Å². The van der Waals surface area contributed by atoms with Gasteiger partial charge in [0.1, 0.15) is 5.82 Å². The number of rotatable bonds is 6. The van der Waals surface area contributed by atoms with Crippen molar-refractivity contribution < 1.29 is 27.1 Å². The van der Waals surface area contributed by atoms with Crippen molar-refractivity contribution in [1.82, 2.24) is 0 Å². The largest absolute Gasteiger partial charge is 0.452 e. The lowest BCUT2D eigenvalue weighted by atomic mass is 10.2. The smallest absolute Gasteiger partial charge is 0.340 e. The van der Waals surface area contributed by atoms with E-state index in [9.17, 15) is 22.4 Å². The molecule has 2 N–H and O–H groups in total. The summed E-state index contributed by atoms with van der Waals surface area (Å²) < 4.78 is 44.1. The first-order chi connectivity index (χ1) is 12.1. The molecular weight excluding hydrogens is 387 g/mol. The Morgan fingerprint density at radius 1 is 1.19 bits per heavy atom. The lowest BCUT2D eigenvalue weighted by molar-refractivity contribution is -0.121. The second kappa shape index (κ2) is 7.71. The molecule has 0 saturated carbocycles. The summed E-state index contributed by atoms with van der Waals surface area (Å²) in [5.74, 6) is -2.37. The average Bonchev–Trinajstić information content (AvgIpc) is 2.59. The van der Waals surface area contributed by atoms with Crippen molar-refractivity contribution in [2.24, 2.45) is 5.73 Å². The molecule has 0 atom stereocenters. The van der Waals surface area contributed by atoms with Gasteiger partial charge in [-0.2, -0.15) is 0 Å². The molecule has 1 amide bonds. The van der Waals surface area contributed by atoms with E-state index in [-0.39, 0.29) is 21.2 Å². The van der Waals surface area contributed by atoms with E-state index in [1.165, 1.54) is 31.3 Å². The van der Waals surface area contributed by atoms with Gasteiger partial charge in [-0.15, -0.1) is 0 Å². The minimum absolute atomic E-state index is 0.0529. The van der Waals surface area contributed by atoms with Crippen molar-refractivity contribution in [1.29, 1.82) is 0 Å². The first-order valence-electron chi connectivity index (χ1n) is 7.12. The quantitative estimate of drug-likeness (QED) is 0.746. The number of amides is 1. The number of esters is 1. The average molecular weight is 401 g/mol. The number of anilines is 1. The summed E-state index contributed by atoms with van der Waals surface area (Å²) >= 11 is 5.90. The van der Waals surface area contributed by atoms with Crippen LogP contribution in [0.4, 0.5) is 10.1 Å². The maximum atomic E-state index is 13.0. The fourth-order valence-corrected chi connectivity index (χ4v) is 3.40. The van der Waals surface area contributed by atoms with Gasteiger partial charge in [0.05, 0.1) is 21.2 Å². The van der Waals surface area contributed by atoms with Crippen LogP contribution in [0.15, 0.2) is 47.4 Å². The highest BCUT2D eigenvalue weighted by atomic mass is 35.5. The Morgan fingerprint density at radius 2 is 1.81 bits per heavy atom. The molecule has 2 aromatic carbocycles. The summed E-state index contributed by atoms with van der Waals surface area (Å²) in [6.45, 7) is -0.665. The van der Waals surface area contributed by atoms with Crippen molar-refractivity contribution >= 4 is 39.2 Å². The zero-order valence-corrected chi connectivity index (χ0v) is 15.1. The Balaban J connectivity index is 2.37. The van der Waals surface area contributed by atoms with Gasteiger partial charge in [-0.1, -0.05) is 11.6 Å². The van der Waals surface area contributed by atoms with Crippen molar-refractivity contribution in [3.8, 4) is 0 Å². The number of carbonyl (C=O) groups is 2. The molecule has 0 unspecified atom stereocenters. The molecule has 2 rings (SSSR count). The molecule has 0 saturated heterocycles. The summed E-state index contributed by atoms with van der Waals surface area (Å²) in [6.07, 6.45) is 0. The SMILES string of the molecule is CN(c1ccc(F)cc1)S(=O)(=O)c1ccc(Cl)c(C(=O)OCC(N)=O)c1. The van der Waals surface area contributed by atoms with E-state index in [2.05, 4.69) is 4.74 Å². The molecule has 2 aromatic rings. The zero-order chi connectivity index (χ0) is 19.5. The summed E-state index contributed by atoms with van der Waals surface area (Å²) in [5, 5.41) is -0.0529. The minimum Gasteiger partial charge on any atom is -0.452 e. The maximum absolute atomic E-state index is 13.0. The van der Waals surface area contributed by atoms with Crippen LogP contribution in [0, 0.1) is 5.82 Å². The molecule has 0 heterocycles. The lowest BCUT2D eigenvalue weighted by Gasteiger charge is -2.20. The van der Waals surface area contributed by atoms with Crippen molar-refractivity contribution in [2.45, 2.75) is 4.90 Å². The normalized spacial score (nSPS) is 11.0. The number of benzene rings is 2. The number of primary amides is 1. The fourth-order valence-electron chi connectivity index (χ4n) is 1.98. The van der Waals surface area contributed by atoms with Gasteiger partial charge in [-0.25, -0.2) is 17.6 Å². The minimum atomic E-state index is -4.06. The van der Waals surface area contributed by atoms with Gasteiger partial charge < -0.3 is 10.5 Å². The Hall–Kier alpha value is -2.65. The van der Waals surface area contributed by atoms with Crippen LogP contribution in [0.3, 0.4) is 0 Å². The highest BCUT2D eigenvalue weighted by molar-refractivity contribution is 7.92. The van der Waals surface area contributed by atoms with Gasteiger partial charge in [0.2, 0.25) is 0 Å². The lowest BCUT2D eigenvalue weighted by Crippen LogP contribution is -2.27. The number of sulfonamides is 1. The topological polar surface area (TPSA) is 107 Å². The van der Waals surface area contributed by atoms with Crippen LogP contribution in [0.5, 0.6) is 0 Å². The van der Waals surface area contributed by atoms with Gasteiger partial charge in [-0.05, 0) is 42.5 Å². The molecular formula is C16H14ClFN2O5S. The molecule has 7 nitrogen and oxygen atoms in total. The molecule has 0 aliphatic heterocycles. The van der Waals surface area contributed by atoms with E-state index in [4.69, 9.17) is 17.3 Å². The number of nitrogens with zero attached hydrogens (tertiary/aromatic N) is 1. The maximum Gasteiger partial charge on any atom is 0.340 e. The summed E-state index contributed by atoms with van der Waals surface area (Å²) in [6, 6.07) is 8.29. The number of ether oxygens (including phenoxy) is 1. The molecule has 0 aliphatic carbocycles.